The van der Waals surface area contributed by atoms with Crippen molar-refractivity contribution >= 4 is 17.5 Å². The van der Waals surface area contributed by atoms with Crippen molar-refractivity contribution in [2.24, 2.45) is 0 Å². The van der Waals surface area contributed by atoms with Crippen molar-refractivity contribution in [2.75, 3.05) is 5.32 Å². The van der Waals surface area contributed by atoms with Crippen LogP contribution in [0, 0.1) is 6.92 Å². The Balaban J connectivity index is 1.58. The smallest absolute Gasteiger partial charge is 0.291 e. The molecule has 0 aliphatic rings. The van der Waals surface area contributed by atoms with Crippen LogP contribution in [0.5, 0.6) is 5.75 Å². The summed E-state index contributed by atoms with van der Waals surface area (Å²) < 4.78 is 5.04. The van der Waals surface area contributed by atoms with Crippen LogP contribution in [0.1, 0.15) is 32.0 Å². The molecule has 1 heterocycles. The highest BCUT2D eigenvalue weighted by Gasteiger charge is 2.11. The highest BCUT2D eigenvalue weighted by Crippen LogP contribution is 2.18. The first-order valence-corrected chi connectivity index (χ1v) is 8.04. The molecule has 1 aromatic heterocycles. The van der Waals surface area contributed by atoms with E-state index in [1.165, 1.54) is 12.3 Å². The van der Waals surface area contributed by atoms with E-state index in [0.717, 1.165) is 11.1 Å². The number of benzene rings is 2. The van der Waals surface area contributed by atoms with Crippen molar-refractivity contribution in [3.63, 3.8) is 0 Å². The lowest BCUT2D eigenvalue weighted by atomic mass is 10.1. The second-order valence-corrected chi connectivity index (χ2v) is 5.83. The molecule has 3 aromatic rings. The third kappa shape index (κ3) is 4.10. The molecule has 6 heteroatoms. The molecular weight excluding hydrogens is 332 g/mol. The van der Waals surface area contributed by atoms with Gasteiger partial charge in [-0.3, -0.25) is 9.59 Å². The van der Waals surface area contributed by atoms with Crippen molar-refractivity contribution < 1.29 is 19.1 Å². The lowest BCUT2D eigenvalue weighted by Gasteiger charge is -2.09. The maximum absolute atomic E-state index is 12.2. The van der Waals surface area contributed by atoms with E-state index in [1.54, 1.807) is 48.5 Å². The first kappa shape index (κ1) is 17.3. The zero-order valence-electron chi connectivity index (χ0n) is 14.2. The maximum Gasteiger partial charge on any atom is 0.291 e. The molecule has 0 bridgehead atoms. The minimum atomic E-state index is -0.346. The van der Waals surface area contributed by atoms with Crippen molar-refractivity contribution in [3.8, 4) is 5.75 Å². The summed E-state index contributed by atoms with van der Waals surface area (Å²) >= 11 is 0. The molecule has 0 saturated carbocycles. The van der Waals surface area contributed by atoms with Gasteiger partial charge in [-0.05, 0) is 48.9 Å². The van der Waals surface area contributed by atoms with Gasteiger partial charge in [-0.15, -0.1) is 0 Å². The van der Waals surface area contributed by atoms with Gasteiger partial charge in [0.25, 0.3) is 11.8 Å². The average Bonchev–Trinajstić information content (AvgIpc) is 3.18. The number of amides is 2. The number of phenolic OH excluding ortho intramolecular Hbond substituents is 1. The van der Waals surface area contributed by atoms with E-state index in [4.69, 9.17) is 4.42 Å². The van der Waals surface area contributed by atoms with E-state index in [1.807, 2.05) is 6.92 Å². The number of hydrogen-bond donors (Lipinski definition) is 3. The second kappa shape index (κ2) is 7.57. The topological polar surface area (TPSA) is 91.6 Å². The van der Waals surface area contributed by atoms with Crippen LogP contribution < -0.4 is 10.6 Å². The number of aromatic hydroxyl groups is 1. The predicted molar refractivity (Wildman–Crippen MR) is 97.1 cm³/mol. The Morgan fingerprint density at radius 1 is 1.04 bits per heavy atom. The number of nitrogens with one attached hydrogen (secondary N) is 2. The predicted octanol–water partition coefficient (Wildman–Crippen LogP) is 3.48. The van der Waals surface area contributed by atoms with Crippen LogP contribution in [0.3, 0.4) is 0 Å². The minimum Gasteiger partial charge on any atom is -0.507 e. The van der Waals surface area contributed by atoms with Crippen molar-refractivity contribution in [1.82, 2.24) is 5.32 Å². The summed E-state index contributed by atoms with van der Waals surface area (Å²) in [6, 6.07) is 15.2. The van der Waals surface area contributed by atoms with Gasteiger partial charge in [0.1, 0.15) is 5.75 Å². The molecule has 0 atom stereocenters. The third-order valence-electron chi connectivity index (χ3n) is 3.81. The number of aryl methyl sites for hydroxylation is 1. The number of hydrogen-bond acceptors (Lipinski definition) is 4. The molecule has 2 amide bonds. The summed E-state index contributed by atoms with van der Waals surface area (Å²) in [6.07, 6.45) is 1.44. The number of carbonyl (C=O) groups is 2. The minimum absolute atomic E-state index is 0.0518. The number of carbonyl (C=O) groups excluding carboxylic acids is 2. The zero-order valence-corrected chi connectivity index (χ0v) is 14.2. The lowest BCUT2D eigenvalue weighted by molar-refractivity contribution is 0.0947. The molecule has 0 radical (unpaired) electrons. The van der Waals surface area contributed by atoms with Crippen LogP contribution in [0.15, 0.2) is 65.3 Å². The molecular formula is C20H18N2O4. The van der Waals surface area contributed by atoms with Gasteiger partial charge in [0, 0.05) is 12.2 Å². The highest BCUT2D eigenvalue weighted by molar-refractivity contribution is 6.02. The van der Waals surface area contributed by atoms with E-state index >= 15 is 0 Å². The Morgan fingerprint density at radius 3 is 2.50 bits per heavy atom. The Morgan fingerprint density at radius 2 is 1.81 bits per heavy atom. The number of phenols is 1. The van der Waals surface area contributed by atoms with Crippen molar-refractivity contribution in [1.29, 1.82) is 0 Å². The summed E-state index contributed by atoms with van der Waals surface area (Å²) in [4.78, 5) is 24.1. The molecule has 0 saturated heterocycles. The SMILES string of the molecule is Cc1ccc(O)c(C(=O)NCc2ccc(NC(=O)c3ccco3)cc2)c1. The Labute approximate surface area is 150 Å². The fourth-order valence-corrected chi connectivity index (χ4v) is 2.42. The van der Waals surface area contributed by atoms with Crippen molar-refractivity contribution in [2.45, 2.75) is 13.5 Å². The average molecular weight is 350 g/mol. The van der Waals surface area contributed by atoms with E-state index in [9.17, 15) is 14.7 Å². The van der Waals surface area contributed by atoms with Gasteiger partial charge >= 0.3 is 0 Å². The summed E-state index contributed by atoms with van der Waals surface area (Å²) in [5, 5.41) is 15.3. The lowest BCUT2D eigenvalue weighted by Crippen LogP contribution is -2.23. The van der Waals surface area contributed by atoms with E-state index < -0.39 is 0 Å². The van der Waals surface area contributed by atoms with Gasteiger partial charge in [0.2, 0.25) is 0 Å². The molecule has 0 aliphatic heterocycles. The van der Waals surface area contributed by atoms with Crippen LogP contribution in [0.4, 0.5) is 5.69 Å². The standard InChI is InChI=1S/C20H18N2O4/c1-13-4-9-17(23)16(11-13)19(24)21-12-14-5-7-15(8-6-14)22-20(25)18-3-2-10-26-18/h2-11,23H,12H2,1H3,(H,21,24)(H,22,25). The molecule has 0 fully saturated rings. The van der Waals surface area contributed by atoms with Gasteiger partial charge in [0.05, 0.1) is 11.8 Å². The number of anilines is 1. The van der Waals surface area contributed by atoms with Gasteiger partial charge < -0.3 is 20.2 Å². The monoisotopic (exact) mass is 350 g/mol. The molecule has 6 nitrogen and oxygen atoms in total. The largest absolute Gasteiger partial charge is 0.507 e. The van der Waals surface area contributed by atoms with E-state index in [-0.39, 0.29) is 28.9 Å². The highest BCUT2D eigenvalue weighted by atomic mass is 16.3. The zero-order chi connectivity index (χ0) is 18.5. The summed E-state index contributed by atoms with van der Waals surface area (Å²) in [5.41, 5.74) is 2.62. The van der Waals surface area contributed by atoms with Crippen LogP contribution >= 0.6 is 0 Å². The molecule has 2 aromatic carbocycles. The molecule has 26 heavy (non-hydrogen) atoms. The third-order valence-corrected chi connectivity index (χ3v) is 3.81. The molecule has 0 unspecified atom stereocenters. The van der Waals surface area contributed by atoms with Crippen LogP contribution in [-0.2, 0) is 6.54 Å². The molecule has 132 valence electrons. The van der Waals surface area contributed by atoms with Gasteiger partial charge in [0.15, 0.2) is 5.76 Å². The summed E-state index contributed by atoms with van der Waals surface area (Å²) in [5.74, 6) is -0.490. The first-order valence-electron chi connectivity index (χ1n) is 8.04. The molecule has 3 rings (SSSR count). The summed E-state index contributed by atoms with van der Waals surface area (Å²) in [7, 11) is 0. The van der Waals surface area contributed by atoms with Crippen LogP contribution in [-0.4, -0.2) is 16.9 Å². The number of rotatable bonds is 5. The second-order valence-electron chi connectivity index (χ2n) is 5.83. The van der Waals surface area contributed by atoms with Gasteiger partial charge in [-0.25, -0.2) is 0 Å². The first-order chi connectivity index (χ1) is 12.5. The fourth-order valence-electron chi connectivity index (χ4n) is 2.42. The molecule has 0 aliphatic carbocycles. The Hall–Kier alpha value is -3.54. The quantitative estimate of drug-likeness (QED) is 0.657. The van der Waals surface area contributed by atoms with Crippen molar-refractivity contribution in [3.05, 3.63) is 83.3 Å². The molecule has 3 N–H and O–H groups in total. The molecule has 0 spiro atoms. The van der Waals surface area contributed by atoms with E-state index in [0.29, 0.717) is 12.2 Å². The Bertz CT molecular complexity index is 915. The van der Waals surface area contributed by atoms with Gasteiger partial charge in [-0.2, -0.15) is 0 Å². The van der Waals surface area contributed by atoms with Crippen LogP contribution in [0.25, 0.3) is 0 Å². The maximum atomic E-state index is 12.2. The summed E-state index contributed by atoms with van der Waals surface area (Å²) in [6.45, 7) is 2.16. The van der Waals surface area contributed by atoms with E-state index in [2.05, 4.69) is 10.6 Å². The normalized spacial score (nSPS) is 10.3. The number of furan rings is 1. The fraction of sp³-hybridized carbons (Fsp3) is 0.100. The van der Waals surface area contributed by atoms with Gasteiger partial charge in [-0.1, -0.05) is 23.8 Å². The van der Waals surface area contributed by atoms with Crippen LogP contribution in [0.2, 0.25) is 0 Å². The Kier molecular flexibility index (Phi) is 5.03.